The lowest BCUT2D eigenvalue weighted by Crippen LogP contribution is -2.48. The number of anilines is 1. The average Bonchev–Trinajstić information content (AvgIpc) is 3.06. The Bertz CT molecular complexity index is 771. The van der Waals surface area contributed by atoms with Crippen LogP contribution >= 0.6 is 12.2 Å². The number of ether oxygens (including phenoxy) is 1. The summed E-state index contributed by atoms with van der Waals surface area (Å²) in [4.78, 5) is 10.4. The molecule has 0 spiro atoms. The lowest BCUT2D eigenvalue weighted by molar-refractivity contribution is -0.384. The summed E-state index contributed by atoms with van der Waals surface area (Å²) >= 11 is 5.43. The zero-order valence-electron chi connectivity index (χ0n) is 15.2. The van der Waals surface area contributed by atoms with E-state index in [1.54, 1.807) is 12.3 Å². The van der Waals surface area contributed by atoms with E-state index in [0.717, 1.165) is 0 Å². The van der Waals surface area contributed by atoms with Crippen molar-refractivity contribution in [3.05, 3.63) is 46.8 Å². The molecule has 0 saturated heterocycles. The number of rotatable bonds is 6. The lowest BCUT2D eigenvalue weighted by Gasteiger charge is -2.32. The Morgan fingerprint density at radius 3 is 2.73 bits per heavy atom. The Kier molecular flexibility index (Phi) is 6.14. The van der Waals surface area contributed by atoms with E-state index in [-0.39, 0.29) is 17.1 Å². The van der Waals surface area contributed by atoms with Gasteiger partial charge in [-0.15, -0.1) is 0 Å². The molecule has 8 nitrogen and oxygen atoms in total. The number of non-ortho nitro benzene ring substituents is 1. The van der Waals surface area contributed by atoms with E-state index >= 15 is 0 Å². The van der Waals surface area contributed by atoms with E-state index in [1.165, 1.54) is 19.2 Å². The van der Waals surface area contributed by atoms with Gasteiger partial charge in [0.15, 0.2) is 5.11 Å². The van der Waals surface area contributed by atoms with E-state index in [4.69, 9.17) is 17.0 Å². The summed E-state index contributed by atoms with van der Waals surface area (Å²) in [6.07, 6.45) is 3.63. The number of hydrogen-bond donors (Lipinski definition) is 2. The van der Waals surface area contributed by atoms with Crippen LogP contribution in [0.4, 0.5) is 11.4 Å². The highest BCUT2D eigenvalue weighted by Gasteiger charge is 2.26. The largest absolute Gasteiger partial charge is 0.494 e. The molecule has 1 aromatic carbocycles. The molecular formula is C17H23N5O3S. The van der Waals surface area contributed by atoms with Gasteiger partial charge >= 0.3 is 0 Å². The first kappa shape index (κ1) is 19.6. The van der Waals surface area contributed by atoms with Gasteiger partial charge in [-0.2, -0.15) is 5.10 Å². The van der Waals surface area contributed by atoms with Crippen LogP contribution < -0.4 is 15.4 Å². The number of hydrogen-bond acceptors (Lipinski definition) is 5. The van der Waals surface area contributed by atoms with Gasteiger partial charge in [0.1, 0.15) is 5.75 Å². The smallest absolute Gasteiger partial charge is 0.273 e. The van der Waals surface area contributed by atoms with Crippen molar-refractivity contribution in [3.8, 4) is 5.75 Å². The second-order valence-electron chi connectivity index (χ2n) is 6.89. The Balaban J connectivity index is 2.11. The third-order valence-corrected chi connectivity index (χ3v) is 4.14. The van der Waals surface area contributed by atoms with Crippen LogP contribution in [0, 0.1) is 15.5 Å². The Morgan fingerprint density at radius 1 is 1.46 bits per heavy atom. The molecule has 2 N–H and O–H groups in total. The minimum Gasteiger partial charge on any atom is -0.494 e. The standard InChI is InChI=1S/C17H23N5O3S/c1-17(2,3)15(11-21-9-5-8-18-21)20-16(26)19-13-7-6-12(22(23)24)10-14(13)25-4/h5-10,15H,11H2,1-4H3,(H2,19,20,26). The van der Waals surface area contributed by atoms with Gasteiger partial charge < -0.3 is 15.4 Å². The van der Waals surface area contributed by atoms with Gasteiger partial charge in [0, 0.05) is 18.5 Å². The van der Waals surface area contributed by atoms with Crippen LogP contribution in [-0.4, -0.2) is 33.0 Å². The molecule has 1 heterocycles. The fourth-order valence-electron chi connectivity index (χ4n) is 2.34. The summed E-state index contributed by atoms with van der Waals surface area (Å²) in [5.74, 6) is 0.350. The number of methoxy groups -OCH3 is 1. The van der Waals surface area contributed by atoms with Gasteiger partial charge in [0.2, 0.25) is 0 Å². The Hall–Kier alpha value is -2.68. The molecule has 2 rings (SSSR count). The van der Waals surface area contributed by atoms with Gasteiger partial charge in [-0.05, 0) is 29.8 Å². The van der Waals surface area contributed by atoms with Crippen LogP contribution in [0.5, 0.6) is 5.75 Å². The second kappa shape index (κ2) is 8.13. The normalized spacial score (nSPS) is 12.3. The molecule has 2 aromatic rings. The molecular weight excluding hydrogens is 354 g/mol. The van der Waals surface area contributed by atoms with E-state index in [0.29, 0.717) is 23.1 Å². The van der Waals surface area contributed by atoms with Crippen LogP contribution in [-0.2, 0) is 6.54 Å². The predicted octanol–water partition coefficient (Wildman–Crippen LogP) is 3.20. The van der Waals surface area contributed by atoms with Crippen molar-refractivity contribution in [2.75, 3.05) is 12.4 Å². The van der Waals surface area contributed by atoms with Gasteiger partial charge in [0.25, 0.3) is 5.69 Å². The number of aromatic nitrogens is 2. The van der Waals surface area contributed by atoms with Gasteiger partial charge in [-0.25, -0.2) is 0 Å². The maximum Gasteiger partial charge on any atom is 0.273 e. The average molecular weight is 377 g/mol. The molecule has 26 heavy (non-hydrogen) atoms. The molecule has 0 aliphatic carbocycles. The number of nitrogens with one attached hydrogen (secondary N) is 2. The van der Waals surface area contributed by atoms with Crippen molar-refractivity contribution in [1.82, 2.24) is 15.1 Å². The number of nitro groups is 1. The molecule has 140 valence electrons. The summed E-state index contributed by atoms with van der Waals surface area (Å²) in [5.41, 5.74) is 0.442. The van der Waals surface area contributed by atoms with Crippen molar-refractivity contribution < 1.29 is 9.66 Å². The molecule has 0 bridgehead atoms. The van der Waals surface area contributed by atoms with Crippen molar-refractivity contribution in [2.24, 2.45) is 5.41 Å². The first-order valence-electron chi connectivity index (χ1n) is 8.08. The van der Waals surface area contributed by atoms with E-state index in [9.17, 15) is 10.1 Å². The molecule has 0 aliphatic rings. The molecule has 0 radical (unpaired) electrons. The number of benzene rings is 1. The number of nitro benzene ring substituents is 1. The molecule has 0 amide bonds. The topological polar surface area (TPSA) is 94.3 Å². The highest BCUT2D eigenvalue weighted by Crippen LogP contribution is 2.29. The number of nitrogens with zero attached hydrogens (tertiary/aromatic N) is 3. The van der Waals surface area contributed by atoms with Crippen molar-refractivity contribution in [1.29, 1.82) is 0 Å². The summed E-state index contributed by atoms with van der Waals surface area (Å²) in [7, 11) is 1.45. The molecule has 9 heteroatoms. The summed E-state index contributed by atoms with van der Waals surface area (Å²) in [6, 6.07) is 6.23. The minimum atomic E-state index is -0.470. The van der Waals surface area contributed by atoms with Crippen LogP contribution in [0.1, 0.15) is 20.8 Å². The summed E-state index contributed by atoms with van der Waals surface area (Å²) < 4.78 is 7.07. The highest BCUT2D eigenvalue weighted by molar-refractivity contribution is 7.80. The van der Waals surface area contributed by atoms with E-state index in [1.807, 2.05) is 16.9 Å². The Morgan fingerprint density at radius 2 is 2.19 bits per heavy atom. The zero-order chi connectivity index (χ0) is 19.3. The van der Waals surface area contributed by atoms with E-state index < -0.39 is 4.92 Å². The second-order valence-corrected chi connectivity index (χ2v) is 7.30. The fourth-order valence-corrected chi connectivity index (χ4v) is 2.60. The Labute approximate surface area is 157 Å². The van der Waals surface area contributed by atoms with Crippen molar-refractivity contribution in [3.63, 3.8) is 0 Å². The lowest BCUT2D eigenvalue weighted by atomic mass is 9.87. The summed E-state index contributed by atoms with van der Waals surface area (Å²) in [5, 5.41) is 21.9. The van der Waals surface area contributed by atoms with E-state index in [2.05, 4.69) is 36.5 Å². The maximum atomic E-state index is 10.9. The van der Waals surface area contributed by atoms with Crippen molar-refractivity contribution >= 4 is 28.7 Å². The van der Waals surface area contributed by atoms with Crippen LogP contribution in [0.2, 0.25) is 0 Å². The third kappa shape index (κ3) is 5.16. The van der Waals surface area contributed by atoms with Gasteiger partial charge in [-0.1, -0.05) is 20.8 Å². The number of thiocarbonyl (C=S) groups is 1. The zero-order valence-corrected chi connectivity index (χ0v) is 16.0. The highest BCUT2D eigenvalue weighted by atomic mass is 32.1. The molecule has 1 unspecified atom stereocenters. The SMILES string of the molecule is COc1cc([N+](=O)[O-])ccc1NC(=S)NC(Cn1cccn1)C(C)(C)C. The maximum absolute atomic E-state index is 10.9. The van der Waals surface area contributed by atoms with Crippen LogP contribution in [0.3, 0.4) is 0 Å². The third-order valence-electron chi connectivity index (χ3n) is 3.92. The van der Waals surface area contributed by atoms with Gasteiger partial charge in [0.05, 0.1) is 36.4 Å². The van der Waals surface area contributed by atoms with Gasteiger partial charge in [-0.3, -0.25) is 14.8 Å². The molecule has 0 aliphatic heterocycles. The first-order chi connectivity index (χ1) is 12.2. The first-order valence-corrected chi connectivity index (χ1v) is 8.49. The monoisotopic (exact) mass is 377 g/mol. The minimum absolute atomic E-state index is 0.0199. The summed E-state index contributed by atoms with van der Waals surface area (Å²) in [6.45, 7) is 6.99. The molecule has 0 saturated carbocycles. The molecule has 0 fully saturated rings. The molecule has 1 atom stereocenters. The quantitative estimate of drug-likeness (QED) is 0.453. The van der Waals surface area contributed by atoms with Crippen LogP contribution in [0.25, 0.3) is 0 Å². The fraction of sp³-hybridized carbons (Fsp3) is 0.412. The predicted molar refractivity (Wildman–Crippen MR) is 104 cm³/mol. The van der Waals surface area contributed by atoms with Crippen molar-refractivity contribution in [2.45, 2.75) is 33.4 Å². The molecule has 1 aromatic heterocycles. The van der Waals surface area contributed by atoms with Crippen LogP contribution in [0.15, 0.2) is 36.7 Å².